The second-order valence-electron chi connectivity index (χ2n) is 5.55. The molecule has 1 fully saturated rings. The molecule has 1 nitrogen and oxygen atoms in total. The maximum absolute atomic E-state index is 10.8. The first-order valence-electron chi connectivity index (χ1n) is 6.31. The van der Waals surface area contributed by atoms with E-state index in [4.69, 9.17) is 0 Å². The molecule has 16 heavy (non-hydrogen) atoms. The molecule has 88 valence electrons. The summed E-state index contributed by atoms with van der Waals surface area (Å²) in [7, 11) is 0. The molecule has 0 aliphatic heterocycles. The van der Waals surface area contributed by atoms with Crippen molar-refractivity contribution in [2.24, 2.45) is 5.92 Å². The third kappa shape index (κ3) is 2.15. The molecule has 0 spiro atoms. The van der Waals surface area contributed by atoms with Crippen LogP contribution in [-0.4, -0.2) is 5.11 Å². The predicted octanol–water partition coefficient (Wildman–Crippen LogP) is 3.70. The lowest BCUT2D eigenvalue weighted by molar-refractivity contribution is -0.0183. The second-order valence-corrected chi connectivity index (χ2v) is 5.55. The van der Waals surface area contributed by atoms with Gasteiger partial charge in [0.15, 0.2) is 0 Å². The molecule has 1 aromatic rings. The van der Waals surface area contributed by atoms with Crippen LogP contribution in [0, 0.1) is 19.8 Å². The van der Waals surface area contributed by atoms with Crippen molar-refractivity contribution in [3.63, 3.8) is 0 Å². The molecule has 0 amide bonds. The summed E-state index contributed by atoms with van der Waals surface area (Å²) in [6.45, 7) is 6.46. The zero-order valence-corrected chi connectivity index (χ0v) is 10.6. The molecule has 0 saturated heterocycles. The molecule has 1 aromatic carbocycles. The van der Waals surface area contributed by atoms with Gasteiger partial charge < -0.3 is 5.11 Å². The average Bonchev–Trinajstić information content (AvgIpc) is 2.16. The fraction of sp³-hybridized carbons (Fsp3) is 0.600. The van der Waals surface area contributed by atoms with Gasteiger partial charge in [-0.25, -0.2) is 0 Å². The van der Waals surface area contributed by atoms with Crippen LogP contribution < -0.4 is 0 Å². The van der Waals surface area contributed by atoms with Crippen molar-refractivity contribution in [1.82, 2.24) is 0 Å². The van der Waals surface area contributed by atoms with E-state index >= 15 is 0 Å². The van der Waals surface area contributed by atoms with Crippen LogP contribution in [-0.2, 0) is 5.60 Å². The number of benzene rings is 1. The third-order valence-corrected chi connectivity index (χ3v) is 3.86. The molecule has 1 N–H and O–H groups in total. The average molecular weight is 218 g/mol. The Hall–Kier alpha value is -0.820. The first-order valence-corrected chi connectivity index (χ1v) is 6.31. The first kappa shape index (κ1) is 11.7. The number of rotatable bonds is 1. The van der Waals surface area contributed by atoms with Crippen LogP contribution in [0.5, 0.6) is 0 Å². The zero-order chi connectivity index (χ0) is 11.8. The quantitative estimate of drug-likeness (QED) is 0.762. The molecular weight excluding hydrogens is 196 g/mol. The second kappa shape index (κ2) is 4.21. The number of aryl methyl sites for hydroxylation is 2. The lowest BCUT2D eigenvalue weighted by Gasteiger charge is -2.37. The Morgan fingerprint density at radius 2 is 2.06 bits per heavy atom. The largest absolute Gasteiger partial charge is 0.385 e. The third-order valence-electron chi connectivity index (χ3n) is 3.86. The van der Waals surface area contributed by atoms with Gasteiger partial charge >= 0.3 is 0 Å². The van der Waals surface area contributed by atoms with Gasteiger partial charge in [0.1, 0.15) is 0 Å². The Morgan fingerprint density at radius 3 is 2.69 bits per heavy atom. The number of hydrogen-bond acceptors (Lipinski definition) is 1. The number of hydrogen-bond donors (Lipinski definition) is 1. The van der Waals surface area contributed by atoms with Crippen molar-refractivity contribution in [3.05, 3.63) is 34.9 Å². The van der Waals surface area contributed by atoms with Crippen molar-refractivity contribution in [3.8, 4) is 0 Å². The lowest BCUT2D eigenvalue weighted by Crippen LogP contribution is -2.32. The van der Waals surface area contributed by atoms with Gasteiger partial charge in [0.25, 0.3) is 0 Å². The van der Waals surface area contributed by atoms with E-state index in [-0.39, 0.29) is 0 Å². The van der Waals surface area contributed by atoms with E-state index in [0.29, 0.717) is 5.92 Å². The highest BCUT2D eigenvalue weighted by Crippen LogP contribution is 2.40. The van der Waals surface area contributed by atoms with Gasteiger partial charge in [-0.1, -0.05) is 37.1 Å². The molecule has 2 unspecified atom stereocenters. The van der Waals surface area contributed by atoms with Crippen LogP contribution >= 0.6 is 0 Å². The fourth-order valence-corrected chi connectivity index (χ4v) is 3.10. The van der Waals surface area contributed by atoms with Gasteiger partial charge in [0, 0.05) is 0 Å². The minimum atomic E-state index is -0.574. The van der Waals surface area contributed by atoms with Gasteiger partial charge in [0.05, 0.1) is 5.60 Å². The van der Waals surface area contributed by atoms with Crippen LogP contribution in [0.4, 0.5) is 0 Å². The molecule has 0 bridgehead atoms. The summed E-state index contributed by atoms with van der Waals surface area (Å²) < 4.78 is 0. The molecule has 0 heterocycles. The Labute approximate surface area is 98.5 Å². The molecule has 1 aliphatic rings. The van der Waals surface area contributed by atoms with Crippen molar-refractivity contribution < 1.29 is 5.11 Å². The summed E-state index contributed by atoms with van der Waals surface area (Å²) in [5.74, 6) is 0.638. The van der Waals surface area contributed by atoms with E-state index in [1.165, 1.54) is 17.5 Å². The van der Waals surface area contributed by atoms with Gasteiger partial charge in [0.2, 0.25) is 0 Å². The Balaban J connectivity index is 2.34. The molecule has 1 aliphatic carbocycles. The smallest absolute Gasteiger partial charge is 0.0901 e. The maximum atomic E-state index is 10.8. The Bertz CT molecular complexity index is 383. The highest BCUT2D eigenvalue weighted by molar-refractivity contribution is 5.35. The summed E-state index contributed by atoms with van der Waals surface area (Å²) in [5.41, 5.74) is 3.07. The van der Waals surface area contributed by atoms with Gasteiger partial charge in [-0.2, -0.15) is 0 Å². The minimum absolute atomic E-state index is 0.574. The van der Waals surface area contributed by atoms with Gasteiger partial charge in [-0.05, 0) is 50.2 Å². The minimum Gasteiger partial charge on any atom is -0.385 e. The summed E-state index contributed by atoms with van der Waals surface area (Å²) in [6.07, 6.45) is 4.23. The summed E-state index contributed by atoms with van der Waals surface area (Å²) in [4.78, 5) is 0. The van der Waals surface area contributed by atoms with E-state index < -0.39 is 5.60 Å². The van der Waals surface area contributed by atoms with E-state index in [1.807, 2.05) is 0 Å². The van der Waals surface area contributed by atoms with Crippen molar-refractivity contribution in [1.29, 1.82) is 0 Å². The standard InChI is InChI=1S/C15H22O/c1-11-6-7-14(13(3)9-11)15(16)8-4-5-12(2)10-15/h6-7,9,12,16H,4-5,8,10H2,1-3H3. The monoisotopic (exact) mass is 218 g/mol. The highest BCUT2D eigenvalue weighted by atomic mass is 16.3. The Kier molecular flexibility index (Phi) is 3.07. The van der Waals surface area contributed by atoms with Crippen LogP contribution in [0.15, 0.2) is 18.2 Å². The van der Waals surface area contributed by atoms with Crippen molar-refractivity contribution in [2.45, 2.75) is 52.1 Å². The van der Waals surface area contributed by atoms with Gasteiger partial charge in [-0.15, -0.1) is 0 Å². The topological polar surface area (TPSA) is 20.2 Å². The summed E-state index contributed by atoms with van der Waals surface area (Å²) in [6, 6.07) is 6.40. The summed E-state index contributed by atoms with van der Waals surface area (Å²) >= 11 is 0. The molecule has 0 aromatic heterocycles. The van der Waals surface area contributed by atoms with Crippen LogP contribution in [0.1, 0.15) is 49.3 Å². The van der Waals surface area contributed by atoms with E-state index in [1.54, 1.807) is 0 Å². The zero-order valence-electron chi connectivity index (χ0n) is 10.6. The Morgan fingerprint density at radius 1 is 1.31 bits per heavy atom. The summed E-state index contributed by atoms with van der Waals surface area (Å²) in [5, 5.41) is 10.8. The molecule has 2 rings (SSSR count). The van der Waals surface area contributed by atoms with E-state index in [2.05, 4.69) is 39.0 Å². The molecular formula is C15H22O. The van der Waals surface area contributed by atoms with Crippen molar-refractivity contribution >= 4 is 0 Å². The molecule has 1 saturated carbocycles. The highest BCUT2D eigenvalue weighted by Gasteiger charge is 2.35. The first-order chi connectivity index (χ1) is 7.51. The van der Waals surface area contributed by atoms with E-state index in [9.17, 15) is 5.11 Å². The van der Waals surface area contributed by atoms with E-state index in [0.717, 1.165) is 24.8 Å². The number of aliphatic hydroxyl groups is 1. The van der Waals surface area contributed by atoms with Crippen LogP contribution in [0.3, 0.4) is 0 Å². The molecule has 2 atom stereocenters. The van der Waals surface area contributed by atoms with Crippen LogP contribution in [0.2, 0.25) is 0 Å². The molecule has 1 heteroatoms. The normalized spacial score (nSPS) is 30.4. The van der Waals surface area contributed by atoms with Gasteiger partial charge in [-0.3, -0.25) is 0 Å². The predicted molar refractivity (Wildman–Crippen MR) is 67.4 cm³/mol. The maximum Gasteiger partial charge on any atom is 0.0901 e. The lowest BCUT2D eigenvalue weighted by atomic mass is 9.74. The molecule has 0 radical (unpaired) electrons. The SMILES string of the molecule is Cc1ccc(C2(O)CCCC(C)C2)c(C)c1. The fourth-order valence-electron chi connectivity index (χ4n) is 3.10. The van der Waals surface area contributed by atoms with Crippen LogP contribution in [0.25, 0.3) is 0 Å². The van der Waals surface area contributed by atoms with Crippen molar-refractivity contribution in [2.75, 3.05) is 0 Å².